The van der Waals surface area contributed by atoms with Gasteiger partial charge in [-0.15, -0.1) is 0 Å². The van der Waals surface area contributed by atoms with Crippen LogP contribution in [-0.4, -0.2) is 63.0 Å². The monoisotopic (exact) mass is 573 g/mol. The summed E-state index contributed by atoms with van der Waals surface area (Å²) < 4.78 is 148. The Balaban J connectivity index is 2.91. The summed E-state index contributed by atoms with van der Waals surface area (Å²) in [5.41, 5.74) is -1.12. The first-order valence-corrected chi connectivity index (χ1v) is 12.3. The van der Waals surface area contributed by atoms with Crippen LogP contribution in [0.4, 0.5) is 26.3 Å². The molecule has 0 aliphatic heterocycles. The predicted octanol–water partition coefficient (Wildman–Crippen LogP) is 2.90. The maximum absolute atomic E-state index is 13.8. The van der Waals surface area contributed by atoms with E-state index in [1.165, 1.54) is 0 Å². The highest BCUT2D eigenvalue weighted by molar-refractivity contribution is 7.88. The van der Waals surface area contributed by atoms with E-state index < -0.39 is 66.4 Å². The average Bonchev–Trinajstić information content (AvgIpc) is 2.75. The largest absolute Gasteiger partial charge is 0.743 e. The van der Waals surface area contributed by atoms with Crippen molar-refractivity contribution in [2.75, 3.05) is 13.2 Å². The van der Waals surface area contributed by atoms with E-state index in [0.717, 1.165) is 0 Å². The minimum absolute atomic E-state index is 0.319. The number of halogens is 6. The first-order chi connectivity index (χ1) is 16.0. The highest BCUT2D eigenvalue weighted by atomic mass is 32.2. The number of esters is 2. The lowest BCUT2D eigenvalue weighted by atomic mass is 9.91. The Bertz CT molecular complexity index is 1180. The molecule has 0 amide bonds. The maximum atomic E-state index is 13.8. The van der Waals surface area contributed by atoms with Crippen molar-refractivity contribution in [3.05, 3.63) is 29.8 Å². The van der Waals surface area contributed by atoms with Gasteiger partial charge >= 0.3 is 38.5 Å². The number of carbonyl (C=O) groups excluding carboxylic acids is 2. The van der Waals surface area contributed by atoms with Crippen molar-refractivity contribution in [3.63, 3.8) is 0 Å². The van der Waals surface area contributed by atoms with Gasteiger partial charge in [0.1, 0.15) is 19.0 Å². The lowest BCUT2D eigenvalue weighted by Gasteiger charge is -2.32. The molecule has 0 saturated heterocycles. The fraction of sp³-hybridized carbons (Fsp3) is 0.556. The van der Waals surface area contributed by atoms with Crippen LogP contribution in [0.25, 0.3) is 0 Å². The molecule has 1 rings (SSSR count). The molecule has 0 radical (unpaired) electrons. The maximum Gasteiger partial charge on any atom is 0.450 e. The van der Waals surface area contributed by atoms with Gasteiger partial charge in [0, 0.05) is 0 Å². The number of hydrogen-bond donors (Lipinski definition) is 0. The molecule has 18 heteroatoms. The van der Waals surface area contributed by atoms with Crippen LogP contribution in [0.3, 0.4) is 0 Å². The number of hydrogen-bond acceptors (Lipinski definition) is 10. The summed E-state index contributed by atoms with van der Waals surface area (Å²) in [7, 11) is -14.4. The van der Waals surface area contributed by atoms with Gasteiger partial charge in [-0.3, -0.25) is 4.79 Å². The van der Waals surface area contributed by atoms with E-state index in [-0.39, 0.29) is 12.2 Å². The Kier molecular flexibility index (Phi) is 9.09. The standard InChI is InChI=1S/C18H20F6O10S2/c1-4-15(2,3)14(26)33-10-9-32-13(25)11-5-7-12(8-6-11)34-36(30,31)18(23,24)16(19,20)17(21,22)35(27,28)29/h5-8H,4,9-10H2,1-3H3,(H,27,28,29)/p-1. The summed E-state index contributed by atoms with van der Waals surface area (Å²) in [5.74, 6) is -10.0. The van der Waals surface area contributed by atoms with Crippen LogP contribution in [0.15, 0.2) is 24.3 Å². The molecule has 0 spiro atoms. The molecule has 0 aromatic heterocycles. The topological polar surface area (TPSA) is 153 Å². The Hall–Kier alpha value is -2.60. The second kappa shape index (κ2) is 10.4. The number of rotatable bonds is 12. The van der Waals surface area contributed by atoms with E-state index in [1.54, 1.807) is 20.8 Å². The number of benzene rings is 1. The number of carbonyl (C=O) groups is 2. The van der Waals surface area contributed by atoms with Crippen molar-refractivity contribution >= 4 is 32.2 Å². The molecule has 0 saturated carbocycles. The van der Waals surface area contributed by atoms with E-state index in [4.69, 9.17) is 9.47 Å². The Morgan fingerprint density at radius 1 is 0.861 bits per heavy atom. The smallest absolute Gasteiger partial charge is 0.450 e. The molecule has 36 heavy (non-hydrogen) atoms. The summed E-state index contributed by atoms with van der Waals surface area (Å²) in [4.78, 5) is 23.7. The summed E-state index contributed by atoms with van der Waals surface area (Å²) in [6, 6.07) is 2.39. The summed E-state index contributed by atoms with van der Waals surface area (Å²) in [6.45, 7) is 4.27. The number of alkyl halides is 6. The van der Waals surface area contributed by atoms with Gasteiger partial charge in [-0.05, 0) is 44.5 Å². The Labute approximate surface area is 201 Å². The van der Waals surface area contributed by atoms with Crippen LogP contribution in [0.5, 0.6) is 5.75 Å². The van der Waals surface area contributed by atoms with Crippen LogP contribution < -0.4 is 4.18 Å². The van der Waals surface area contributed by atoms with E-state index in [1.807, 2.05) is 0 Å². The molecular formula is C18H19F6O10S2-. The molecule has 0 bridgehead atoms. The van der Waals surface area contributed by atoms with Crippen LogP contribution in [0.2, 0.25) is 0 Å². The van der Waals surface area contributed by atoms with Gasteiger partial charge in [0.15, 0.2) is 10.1 Å². The Morgan fingerprint density at radius 2 is 1.33 bits per heavy atom. The third-order valence-corrected chi connectivity index (χ3v) is 6.82. The van der Waals surface area contributed by atoms with Crippen molar-refractivity contribution in [2.45, 2.75) is 43.6 Å². The van der Waals surface area contributed by atoms with Crippen molar-refractivity contribution in [2.24, 2.45) is 5.41 Å². The lowest BCUT2D eigenvalue weighted by molar-refractivity contribution is -0.247. The van der Waals surface area contributed by atoms with Crippen molar-refractivity contribution in [1.82, 2.24) is 0 Å². The zero-order valence-corrected chi connectivity index (χ0v) is 20.2. The van der Waals surface area contributed by atoms with Crippen molar-refractivity contribution in [1.29, 1.82) is 0 Å². The number of ether oxygens (including phenoxy) is 2. The normalized spacial score (nSPS) is 13.7. The van der Waals surface area contributed by atoms with Crippen molar-refractivity contribution in [3.8, 4) is 5.75 Å². The predicted molar refractivity (Wildman–Crippen MR) is 106 cm³/mol. The van der Waals surface area contributed by atoms with Gasteiger partial charge in [-0.2, -0.15) is 34.8 Å². The first-order valence-electron chi connectivity index (χ1n) is 9.52. The molecule has 0 unspecified atom stereocenters. The third-order valence-electron chi connectivity index (χ3n) is 4.64. The first kappa shape index (κ1) is 31.4. The van der Waals surface area contributed by atoms with Crippen molar-refractivity contribution < 1.29 is 71.0 Å². The van der Waals surface area contributed by atoms with Crippen LogP contribution >= 0.6 is 0 Å². The van der Waals surface area contributed by atoms with E-state index >= 15 is 0 Å². The fourth-order valence-corrected chi connectivity index (χ4v) is 3.42. The minimum Gasteiger partial charge on any atom is -0.743 e. The molecule has 1 aromatic carbocycles. The van der Waals surface area contributed by atoms with Gasteiger partial charge in [0.05, 0.1) is 11.0 Å². The molecule has 0 heterocycles. The van der Waals surface area contributed by atoms with Gasteiger partial charge in [-0.25, -0.2) is 13.2 Å². The van der Waals surface area contributed by atoms with E-state index in [9.17, 15) is 57.3 Å². The van der Waals surface area contributed by atoms with E-state index in [2.05, 4.69) is 4.18 Å². The average molecular weight is 573 g/mol. The molecular weight excluding hydrogens is 554 g/mol. The molecule has 0 fully saturated rings. The molecule has 0 atom stereocenters. The van der Waals surface area contributed by atoms with Gasteiger partial charge in [-0.1, -0.05) is 6.92 Å². The highest BCUT2D eigenvalue weighted by Gasteiger charge is 2.81. The lowest BCUT2D eigenvalue weighted by Crippen LogP contribution is -2.61. The van der Waals surface area contributed by atoms with Crippen LogP contribution in [0.1, 0.15) is 37.6 Å². The highest BCUT2D eigenvalue weighted by Crippen LogP contribution is 2.50. The molecule has 0 N–H and O–H groups in total. The van der Waals surface area contributed by atoms with Gasteiger partial charge in [0.2, 0.25) is 0 Å². The fourth-order valence-electron chi connectivity index (χ4n) is 2.00. The molecule has 0 aliphatic rings. The zero-order valence-electron chi connectivity index (χ0n) is 18.6. The zero-order chi connectivity index (χ0) is 28.4. The van der Waals surface area contributed by atoms with Gasteiger partial charge < -0.3 is 18.2 Å². The van der Waals surface area contributed by atoms with Crippen LogP contribution in [0, 0.1) is 5.41 Å². The molecule has 10 nitrogen and oxygen atoms in total. The third kappa shape index (κ3) is 6.20. The Morgan fingerprint density at radius 3 is 1.78 bits per heavy atom. The second-order valence-electron chi connectivity index (χ2n) is 7.63. The SMILES string of the molecule is CCC(C)(C)C(=O)OCCOC(=O)c1ccc(OS(=O)(=O)C(F)(F)C(F)(F)C(F)(F)S(=O)(=O)[O-])cc1. The van der Waals surface area contributed by atoms with Crippen LogP contribution in [-0.2, 0) is 34.5 Å². The molecule has 0 aliphatic carbocycles. The van der Waals surface area contributed by atoms with Gasteiger partial charge in [0.25, 0.3) is 0 Å². The summed E-state index contributed by atoms with van der Waals surface area (Å²) in [5, 5.41) is -13.9. The minimum atomic E-state index is -7.43. The summed E-state index contributed by atoms with van der Waals surface area (Å²) in [6.07, 6.45) is 0.472. The second-order valence-corrected chi connectivity index (χ2v) is 10.6. The molecule has 1 aromatic rings. The van der Waals surface area contributed by atoms with E-state index in [0.29, 0.717) is 30.7 Å². The summed E-state index contributed by atoms with van der Waals surface area (Å²) >= 11 is 0. The molecule has 206 valence electrons. The quantitative estimate of drug-likeness (QED) is 0.120.